The minimum atomic E-state index is -0.517. The maximum absolute atomic E-state index is 13.1. The highest BCUT2D eigenvalue weighted by atomic mass is 16.5. The quantitative estimate of drug-likeness (QED) is 0.471. The van der Waals surface area contributed by atoms with Gasteiger partial charge in [0.05, 0.1) is 11.2 Å². The molecule has 1 aliphatic rings. The Balaban J connectivity index is 1.44. The molecular formula is C31H36N4O4. The number of nitrogens with one attached hydrogen (secondary N) is 1. The lowest BCUT2D eigenvalue weighted by Gasteiger charge is -2.35. The van der Waals surface area contributed by atoms with Crippen molar-refractivity contribution in [2.24, 2.45) is 7.05 Å². The van der Waals surface area contributed by atoms with Crippen LogP contribution >= 0.6 is 0 Å². The van der Waals surface area contributed by atoms with E-state index in [0.29, 0.717) is 35.5 Å². The smallest absolute Gasteiger partial charge is 0.249 e. The average Bonchev–Trinajstić information content (AvgIpc) is 3.27. The number of hydrogen-bond donors (Lipinski definition) is 2. The van der Waals surface area contributed by atoms with Crippen molar-refractivity contribution >= 4 is 17.5 Å². The van der Waals surface area contributed by atoms with Gasteiger partial charge in [-0.25, -0.2) is 0 Å². The summed E-state index contributed by atoms with van der Waals surface area (Å²) in [5.41, 5.74) is 3.96. The van der Waals surface area contributed by atoms with Crippen LogP contribution in [0, 0.1) is 18.8 Å². The number of phenols is 1. The van der Waals surface area contributed by atoms with Crippen molar-refractivity contribution in [3.63, 3.8) is 0 Å². The fraction of sp³-hybridized carbons (Fsp3) is 0.387. The predicted octanol–water partition coefficient (Wildman–Crippen LogP) is 4.64. The fourth-order valence-electron chi connectivity index (χ4n) is 4.48. The molecule has 204 valence electrons. The summed E-state index contributed by atoms with van der Waals surface area (Å²) < 4.78 is 7.33. The van der Waals surface area contributed by atoms with Crippen LogP contribution in [-0.4, -0.2) is 56.4 Å². The number of benzene rings is 2. The number of nitrogens with zero attached hydrogens (tertiary/aromatic N) is 3. The Morgan fingerprint density at radius 2 is 1.87 bits per heavy atom. The molecule has 2 amide bonds. The van der Waals surface area contributed by atoms with Crippen LogP contribution in [0.4, 0.5) is 5.69 Å². The largest absolute Gasteiger partial charge is 0.507 e. The lowest BCUT2D eigenvalue weighted by atomic mass is 10.0. The Hall–Kier alpha value is -4.09. The Morgan fingerprint density at radius 3 is 2.59 bits per heavy atom. The third-order valence-electron chi connectivity index (χ3n) is 6.48. The van der Waals surface area contributed by atoms with Crippen LogP contribution in [0.1, 0.15) is 56.7 Å². The van der Waals surface area contributed by atoms with Gasteiger partial charge in [-0.3, -0.25) is 14.3 Å². The molecule has 2 N–H and O–H groups in total. The van der Waals surface area contributed by atoms with Gasteiger partial charge in [-0.2, -0.15) is 5.10 Å². The highest BCUT2D eigenvalue weighted by molar-refractivity contribution is 5.97. The van der Waals surface area contributed by atoms with Gasteiger partial charge in [0.2, 0.25) is 11.8 Å². The second kappa shape index (κ2) is 11.7. The molecule has 8 nitrogen and oxygen atoms in total. The van der Waals surface area contributed by atoms with Gasteiger partial charge < -0.3 is 20.1 Å². The Kier molecular flexibility index (Phi) is 8.41. The van der Waals surface area contributed by atoms with E-state index in [1.807, 2.05) is 65.2 Å². The lowest BCUT2D eigenvalue weighted by Crippen LogP contribution is -2.51. The number of likely N-dealkylation sites (tertiary alicyclic amines) is 1. The summed E-state index contributed by atoms with van der Waals surface area (Å²) in [5.74, 6) is 6.10. The van der Waals surface area contributed by atoms with Gasteiger partial charge in [-0.1, -0.05) is 23.5 Å². The number of anilines is 1. The van der Waals surface area contributed by atoms with Gasteiger partial charge in [-0.05, 0) is 83.4 Å². The molecule has 1 aliphatic heterocycles. The molecule has 1 saturated heterocycles. The summed E-state index contributed by atoms with van der Waals surface area (Å²) in [6.07, 6.45) is 4.22. The number of amides is 2. The normalized spacial score (nSPS) is 15.4. The highest BCUT2D eigenvalue weighted by Crippen LogP contribution is 2.31. The number of aromatic hydroxyl groups is 1. The molecule has 0 aliphatic carbocycles. The topological polar surface area (TPSA) is 96.7 Å². The van der Waals surface area contributed by atoms with E-state index in [0.717, 1.165) is 24.0 Å². The van der Waals surface area contributed by atoms with Gasteiger partial charge in [0.1, 0.15) is 24.1 Å². The molecular weight excluding hydrogens is 492 g/mol. The first-order valence-corrected chi connectivity index (χ1v) is 13.2. The number of ether oxygens (including phenoxy) is 1. The first-order chi connectivity index (χ1) is 18.5. The van der Waals surface area contributed by atoms with E-state index >= 15 is 0 Å². The van der Waals surface area contributed by atoms with Crippen LogP contribution in [0.15, 0.2) is 48.7 Å². The number of rotatable bonds is 5. The van der Waals surface area contributed by atoms with Crippen molar-refractivity contribution in [2.45, 2.75) is 58.6 Å². The molecule has 8 heteroatoms. The van der Waals surface area contributed by atoms with Gasteiger partial charge >= 0.3 is 0 Å². The molecule has 1 unspecified atom stereocenters. The van der Waals surface area contributed by atoms with Gasteiger partial charge in [0.15, 0.2) is 0 Å². The van der Waals surface area contributed by atoms with Crippen LogP contribution in [-0.2, 0) is 21.4 Å². The fourth-order valence-corrected chi connectivity index (χ4v) is 4.48. The Labute approximate surface area is 230 Å². The van der Waals surface area contributed by atoms with E-state index < -0.39 is 11.6 Å². The zero-order valence-corrected chi connectivity index (χ0v) is 23.2. The molecule has 0 spiro atoms. The molecule has 1 atom stereocenters. The number of phenolic OH excluding ortho intramolecular Hbond substituents is 1. The summed E-state index contributed by atoms with van der Waals surface area (Å²) in [5, 5.41) is 17.8. The first kappa shape index (κ1) is 27.9. The first-order valence-electron chi connectivity index (χ1n) is 13.2. The molecule has 4 rings (SSSR count). The van der Waals surface area contributed by atoms with Crippen molar-refractivity contribution < 1.29 is 19.4 Å². The number of carbonyl (C=O) groups excluding carboxylic acids is 2. The summed E-state index contributed by atoms with van der Waals surface area (Å²) in [7, 11) is 1.82. The van der Waals surface area contributed by atoms with Crippen molar-refractivity contribution in [1.29, 1.82) is 0 Å². The average molecular weight is 529 g/mol. The van der Waals surface area contributed by atoms with Crippen LogP contribution in [0.5, 0.6) is 5.75 Å². The van der Waals surface area contributed by atoms with E-state index in [2.05, 4.69) is 22.3 Å². The zero-order chi connectivity index (χ0) is 28.2. The molecule has 1 fully saturated rings. The monoisotopic (exact) mass is 528 g/mol. The molecule has 1 aromatic heterocycles. The zero-order valence-electron chi connectivity index (χ0n) is 23.2. The second-order valence-electron chi connectivity index (χ2n) is 10.9. The van der Waals surface area contributed by atoms with Crippen molar-refractivity contribution in [3.8, 4) is 28.8 Å². The van der Waals surface area contributed by atoms with E-state index in [9.17, 15) is 14.7 Å². The molecule has 2 aromatic carbocycles. The number of carbonyl (C=O) groups is 2. The standard InChI is InChI=1S/C31H36N4O4/c1-21-9-16-27(36)25(18-21)29-23(19-34(5)33-29)13-10-22-11-14-24(15-12-22)32-30(38)26-8-6-7-17-35(26)28(37)20-39-31(2,3)4/h9,11-12,14-16,18-19,26,36H,6-8,17,20H2,1-5H3,(H,32,38). The minimum absolute atomic E-state index is 0.0389. The number of aryl methyl sites for hydroxylation is 2. The van der Waals surface area contributed by atoms with Crippen LogP contribution in [0.2, 0.25) is 0 Å². The third-order valence-corrected chi connectivity index (χ3v) is 6.48. The SMILES string of the molecule is Cc1ccc(O)c(-c2nn(C)cc2C#Cc2ccc(NC(=O)C3CCCCN3C(=O)COC(C)(C)C)cc2)c1. The molecule has 39 heavy (non-hydrogen) atoms. The van der Waals surface area contributed by atoms with E-state index in [1.165, 1.54) is 0 Å². The number of piperidine rings is 1. The predicted molar refractivity (Wildman–Crippen MR) is 151 cm³/mol. The highest BCUT2D eigenvalue weighted by Gasteiger charge is 2.32. The molecule has 0 radical (unpaired) electrons. The van der Waals surface area contributed by atoms with Crippen LogP contribution < -0.4 is 5.32 Å². The summed E-state index contributed by atoms with van der Waals surface area (Å²) in [4.78, 5) is 27.5. The second-order valence-corrected chi connectivity index (χ2v) is 10.9. The van der Waals surface area contributed by atoms with Crippen LogP contribution in [0.3, 0.4) is 0 Å². The number of aromatic nitrogens is 2. The Morgan fingerprint density at radius 1 is 1.13 bits per heavy atom. The van der Waals surface area contributed by atoms with Crippen molar-refractivity contribution in [1.82, 2.24) is 14.7 Å². The van der Waals surface area contributed by atoms with E-state index in [4.69, 9.17) is 4.74 Å². The van der Waals surface area contributed by atoms with Crippen LogP contribution in [0.25, 0.3) is 11.3 Å². The molecule has 0 saturated carbocycles. The summed E-state index contributed by atoms with van der Waals surface area (Å²) in [6, 6.07) is 12.2. The summed E-state index contributed by atoms with van der Waals surface area (Å²) in [6.45, 7) is 8.18. The van der Waals surface area contributed by atoms with Gasteiger partial charge in [-0.15, -0.1) is 0 Å². The summed E-state index contributed by atoms with van der Waals surface area (Å²) >= 11 is 0. The maximum atomic E-state index is 13.1. The minimum Gasteiger partial charge on any atom is -0.507 e. The van der Waals surface area contributed by atoms with Gasteiger partial charge in [0, 0.05) is 36.6 Å². The third kappa shape index (κ3) is 7.27. The van der Waals surface area contributed by atoms with E-state index in [-0.39, 0.29) is 24.2 Å². The van der Waals surface area contributed by atoms with Gasteiger partial charge in [0.25, 0.3) is 0 Å². The maximum Gasteiger partial charge on any atom is 0.249 e. The Bertz CT molecular complexity index is 1410. The van der Waals surface area contributed by atoms with Crippen molar-refractivity contribution in [2.75, 3.05) is 18.5 Å². The van der Waals surface area contributed by atoms with E-state index in [1.54, 1.807) is 27.8 Å². The molecule has 2 heterocycles. The molecule has 0 bridgehead atoms. The lowest BCUT2D eigenvalue weighted by molar-refractivity contribution is -0.148. The van der Waals surface area contributed by atoms with Crippen molar-refractivity contribution in [3.05, 3.63) is 65.4 Å². The number of hydrogen-bond acceptors (Lipinski definition) is 5. The molecule has 3 aromatic rings.